The molecule has 1 fully saturated rings. The Morgan fingerprint density at radius 1 is 1.61 bits per heavy atom. The first kappa shape index (κ1) is 13.1. The van der Waals surface area contributed by atoms with E-state index in [-0.39, 0.29) is 18.0 Å². The first-order valence-corrected chi connectivity index (χ1v) is 6.66. The molecule has 18 heavy (non-hydrogen) atoms. The number of rotatable bonds is 5. The highest BCUT2D eigenvalue weighted by Gasteiger charge is 2.26. The van der Waals surface area contributed by atoms with E-state index in [2.05, 4.69) is 10.3 Å². The van der Waals surface area contributed by atoms with Crippen molar-refractivity contribution in [3.8, 4) is 0 Å². The Kier molecular flexibility index (Phi) is 4.36. The lowest BCUT2D eigenvalue weighted by Crippen LogP contribution is -2.38. The van der Waals surface area contributed by atoms with Crippen LogP contribution >= 0.6 is 0 Å². The number of carbonyl (C=O) groups excluding carboxylic acids is 1. The number of carbonyl (C=O) groups is 1. The van der Waals surface area contributed by atoms with Gasteiger partial charge in [-0.05, 0) is 25.7 Å². The minimum atomic E-state index is 0.115. The first-order valence-electron chi connectivity index (χ1n) is 6.66. The molecule has 1 aromatic heterocycles. The summed E-state index contributed by atoms with van der Waals surface area (Å²) in [6.45, 7) is 2.76. The lowest BCUT2D eigenvalue weighted by Gasteiger charge is -2.18. The van der Waals surface area contributed by atoms with Crippen LogP contribution in [0.15, 0.2) is 18.7 Å². The molecule has 1 amide bonds. The maximum Gasteiger partial charge on any atom is 0.220 e. The summed E-state index contributed by atoms with van der Waals surface area (Å²) in [5.41, 5.74) is 5.98. The summed E-state index contributed by atoms with van der Waals surface area (Å²) < 4.78 is 1.96. The maximum atomic E-state index is 11.9. The summed E-state index contributed by atoms with van der Waals surface area (Å²) in [6.07, 6.45) is 9.27. The average Bonchev–Trinajstić information content (AvgIpc) is 2.91. The molecule has 3 N–H and O–H groups in total. The molecule has 2 rings (SSSR count). The Morgan fingerprint density at radius 3 is 3.06 bits per heavy atom. The van der Waals surface area contributed by atoms with Crippen molar-refractivity contribution in [2.45, 2.75) is 51.2 Å². The van der Waals surface area contributed by atoms with Crippen LogP contribution in [0.1, 0.15) is 32.6 Å². The third kappa shape index (κ3) is 3.57. The molecule has 0 aromatic carbocycles. The van der Waals surface area contributed by atoms with Crippen LogP contribution in [0.3, 0.4) is 0 Å². The highest BCUT2D eigenvalue weighted by Crippen LogP contribution is 2.26. The summed E-state index contributed by atoms with van der Waals surface area (Å²) in [5.74, 6) is 0.482. The van der Waals surface area contributed by atoms with Gasteiger partial charge in [0, 0.05) is 37.4 Å². The molecular formula is C13H22N4O. The molecule has 1 aromatic rings. The molecule has 1 unspecified atom stereocenters. The Balaban J connectivity index is 1.73. The lowest BCUT2D eigenvalue weighted by atomic mass is 10.00. The summed E-state index contributed by atoms with van der Waals surface area (Å²) in [6, 6.07) is 0.323. The van der Waals surface area contributed by atoms with Gasteiger partial charge in [-0.1, -0.05) is 6.42 Å². The Labute approximate surface area is 108 Å². The van der Waals surface area contributed by atoms with Crippen LogP contribution in [-0.2, 0) is 11.3 Å². The van der Waals surface area contributed by atoms with Gasteiger partial charge < -0.3 is 15.6 Å². The predicted molar refractivity (Wildman–Crippen MR) is 69.8 cm³/mol. The van der Waals surface area contributed by atoms with Crippen LogP contribution < -0.4 is 11.1 Å². The quantitative estimate of drug-likeness (QED) is 0.815. The van der Waals surface area contributed by atoms with E-state index in [0.29, 0.717) is 12.3 Å². The highest BCUT2D eigenvalue weighted by atomic mass is 16.1. The van der Waals surface area contributed by atoms with E-state index >= 15 is 0 Å². The van der Waals surface area contributed by atoms with Gasteiger partial charge in [-0.25, -0.2) is 4.98 Å². The molecule has 0 spiro atoms. The smallest absolute Gasteiger partial charge is 0.220 e. The minimum absolute atomic E-state index is 0.115. The molecular weight excluding hydrogens is 228 g/mol. The van der Waals surface area contributed by atoms with E-state index in [4.69, 9.17) is 5.73 Å². The van der Waals surface area contributed by atoms with Crippen molar-refractivity contribution in [1.29, 1.82) is 0 Å². The molecule has 0 radical (unpaired) electrons. The van der Waals surface area contributed by atoms with Gasteiger partial charge in [-0.2, -0.15) is 0 Å². The van der Waals surface area contributed by atoms with E-state index in [1.807, 2.05) is 17.7 Å². The average molecular weight is 250 g/mol. The zero-order chi connectivity index (χ0) is 13.0. The number of imidazole rings is 1. The first-order chi connectivity index (χ1) is 8.65. The van der Waals surface area contributed by atoms with Crippen molar-refractivity contribution in [2.24, 2.45) is 11.7 Å². The van der Waals surface area contributed by atoms with Crippen LogP contribution in [-0.4, -0.2) is 27.5 Å². The number of aromatic nitrogens is 2. The van der Waals surface area contributed by atoms with Gasteiger partial charge in [0.15, 0.2) is 0 Å². The van der Waals surface area contributed by atoms with Gasteiger partial charge in [0.1, 0.15) is 0 Å². The fourth-order valence-electron chi connectivity index (χ4n) is 2.65. The molecule has 3 atom stereocenters. The monoisotopic (exact) mass is 250 g/mol. The number of amides is 1. The van der Waals surface area contributed by atoms with Crippen LogP contribution in [0.2, 0.25) is 0 Å². The Bertz CT molecular complexity index is 376. The van der Waals surface area contributed by atoms with Gasteiger partial charge in [0.25, 0.3) is 0 Å². The Morgan fingerprint density at radius 2 is 2.44 bits per heavy atom. The molecule has 5 heteroatoms. The number of nitrogens with zero attached hydrogens (tertiary/aromatic N) is 2. The molecule has 1 aliphatic carbocycles. The summed E-state index contributed by atoms with van der Waals surface area (Å²) in [5, 5.41) is 3.02. The fraction of sp³-hybridized carbons (Fsp3) is 0.692. The number of hydrogen-bond acceptors (Lipinski definition) is 3. The number of nitrogens with one attached hydrogen (secondary N) is 1. The molecule has 0 saturated heterocycles. The summed E-state index contributed by atoms with van der Waals surface area (Å²) >= 11 is 0. The van der Waals surface area contributed by atoms with Gasteiger partial charge in [0.05, 0.1) is 6.33 Å². The van der Waals surface area contributed by atoms with E-state index < -0.39 is 0 Å². The van der Waals surface area contributed by atoms with E-state index in [1.165, 1.54) is 0 Å². The van der Waals surface area contributed by atoms with Gasteiger partial charge in [0.2, 0.25) is 5.91 Å². The van der Waals surface area contributed by atoms with Crippen molar-refractivity contribution in [3.05, 3.63) is 18.7 Å². The fourth-order valence-corrected chi connectivity index (χ4v) is 2.65. The van der Waals surface area contributed by atoms with Crippen LogP contribution in [0.4, 0.5) is 0 Å². The number of nitrogens with two attached hydrogens (primary N) is 1. The number of hydrogen-bond donors (Lipinski definition) is 2. The molecule has 1 aliphatic rings. The normalized spacial score (nSPS) is 25.0. The third-order valence-corrected chi connectivity index (χ3v) is 3.62. The second-order valence-corrected chi connectivity index (χ2v) is 5.29. The second kappa shape index (κ2) is 6.00. The zero-order valence-electron chi connectivity index (χ0n) is 10.9. The van der Waals surface area contributed by atoms with E-state index in [9.17, 15) is 4.79 Å². The lowest BCUT2D eigenvalue weighted by molar-refractivity contribution is -0.122. The van der Waals surface area contributed by atoms with Crippen molar-refractivity contribution in [2.75, 3.05) is 0 Å². The molecule has 1 saturated carbocycles. The minimum Gasteiger partial charge on any atom is -0.352 e. The molecule has 100 valence electrons. The topological polar surface area (TPSA) is 72.9 Å². The van der Waals surface area contributed by atoms with Crippen LogP contribution in [0.5, 0.6) is 0 Å². The van der Waals surface area contributed by atoms with E-state index in [0.717, 1.165) is 25.8 Å². The van der Waals surface area contributed by atoms with Crippen molar-refractivity contribution in [3.63, 3.8) is 0 Å². The third-order valence-electron chi connectivity index (χ3n) is 3.62. The maximum absolute atomic E-state index is 11.9. The largest absolute Gasteiger partial charge is 0.352 e. The molecule has 0 bridgehead atoms. The van der Waals surface area contributed by atoms with Crippen LogP contribution in [0, 0.1) is 5.92 Å². The van der Waals surface area contributed by atoms with Gasteiger partial charge in [-0.15, -0.1) is 0 Å². The van der Waals surface area contributed by atoms with Crippen molar-refractivity contribution >= 4 is 5.91 Å². The molecule has 1 heterocycles. The van der Waals surface area contributed by atoms with Gasteiger partial charge in [-0.3, -0.25) is 4.79 Å². The van der Waals surface area contributed by atoms with Crippen molar-refractivity contribution < 1.29 is 4.79 Å². The van der Waals surface area contributed by atoms with Crippen LogP contribution in [0.25, 0.3) is 0 Å². The van der Waals surface area contributed by atoms with Crippen molar-refractivity contribution in [1.82, 2.24) is 14.9 Å². The Hall–Kier alpha value is -1.36. The van der Waals surface area contributed by atoms with E-state index in [1.54, 1.807) is 12.5 Å². The summed E-state index contributed by atoms with van der Waals surface area (Å²) in [4.78, 5) is 15.9. The standard InChI is InChI=1S/C13H22N4O/c1-10(8-17-6-5-15-9-17)16-13(18)7-11-3-2-4-12(11)14/h5-6,9-12H,2-4,7-8,14H2,1H3,(H,16,18)/t10?,11-,12+/m0/s1. The predicted octanol–water partition coefficient (Wildman–Crippen LogP) is 0.905. The second-order valence-electron chi connectivity index (χ2n) is 5.29. The SMILES string of the molecule is CC(Cn1ccnc1)NC(=O)C[C@@H]1CCC[C@H]1N. The molecule has 0 aliphatic heterocycles. The molecule has 5 nitrogen and oxygen atoms in total. The van der Waals surface area contributed by atoms with Gasteiger partial charge >= 0.3 is 0 Å². The zero-order valence-corrected chi connectivity index (χ0v) is 10.9. The summed E-state index contributed by atoms with van der Waals surface area (Å²) in [7, 11) is 0. The highest BCUT2D eigenvalue weighted by molar-refractivity contribution is 5.76.